The van der Waals surface area contributed by atoms with E-state index in [9.17, 15) is 4.39 Å². The number of nitrogens with zero attached hydrogens (tertiary/aromatic N) is 2. The summed E-state index contributed by atoms with van der Waals surface area (Å²) in [6.07, 6.45) is 4.77. The van der Waals surface area contributed by atoms with Gasteiger partial charge in [0, 0.05) is 23.8 Å². The molecule has 1 saturated heterocycles. The van der Waals surface area contributed by atoms with Crippen molar-refractivity contribution in [1.82, 2.24) is 9.88 Å². The van der Waals surface area contributed by atoms with Crippen LogP contribution in [0.2, 0.25) is 0 Å². The normalized spacial score (nSPS) is 30.4. The van der Waals surface area contributed by atoms with Crippen molar-refractivity contribution >= 4 is 0 Å². The van der Waals surface area contributed by atoms with Gasteiger partial charge in [0.15, 0.2) is 0 Å². The van der Waals surface area contributed by atoms with E-state index >= 15 is 0 Å². The zero-order chi connectivity index (χ0) is 9.71. The summed E-state index contributed by atoms with van der Waals surface area (Å²) < 4.78 is 13.4. The van der Waals surface area contributed by atoms with Crippen LogP contribution in [0.15, 0.2) is 12.3 Å². The lowest BCUT2D eigenvalue weighted by Gasteiger charge is -2.32. The number of hydrogen-bond acceptors (Lipinski definition) is 2. The first-order valence-corrected chi connectivity index (χ1v) is 5.12. The molecule has 1 aromatic rings. The van der Waals surface area contributed by atoms with Crippen LogP contribution in [0.4, 0.5) is 4.39 Å². The Kier molecular flexibility index (Phi) is 1.65. The molecule has 0 saturated carbocycles. The number of halogens is 1. The van der Waals surface area contributed by atoms with Crippen molar-refractivity contribution in [3.05, 3.63) is 29.3 Å². The molecular weight excluding hydrogens is 179 g/mol. The molecule has 1 fully saturated rings. The number of pyridine rings is 1. The highest BCUT2D eigenvalue weighted by atomic mass is 19.1. The Balaban J connectivity index is 2.16. The van der Waals surface area contributed by atoms with E-state index in [1.54, 1.807) is 6.20 Å². The smallest absolute Gasteiger partial charge is 0.216 e. The summed E-state index contributed by atoms with van der Waals surface area (Å²) in [7, 11) is 2.14. The van der Waals surface area contributed by atoms with Crippen LogP contribution in [0.25, 0.3) is 0 Å². The second-order valence-electron chi connectivity index (χ2n) is 4.29. The van der Waals surface area contributed by atoms with Gasteiger partial charge in [-0.25, -0.2) is 4.98 Å². The fraction of sp³-hybridized carbons (Fsp3) is 0.545. The highest BCUT2D eigenvalue weighted by Crippen LogP contribution is 2.42. The quantitative estimate of drug-likeness (QED) is 0.584. The van der Waals surface area contributed by atoms with Crippen molar-refractivity contribution in [3.8, 4) is 0 Å². The van der Waals surface area contributed by atoms with E-state index < -0.39 is 0 Å². The average molecular weight is 192 g/mol. The molecule has 2 nitrogen and oxygen atoms in total. The Bertz CT molecular complexity index is 378. The van der Waals surface area contributed by atoms with E-state index in [4.69, 9.17) is 0 Å². The Labute approximate surface area is 82.8 Å². The van der Waals surface area contributed by atoms with E-state index in [1.807, 2.05) is 6.07 Å². The molecule has 0 N–H and O–H groups in total. The van der Waals surface area contributed by atoms with E-state index in [1.165, 1.54) is 6.42 Å². The molecule has 1 aromatic heterocycles. The molecule has 3 rings (SSSR count). The molecule has 3 heteroatoms. The van der Waals surface area contributed by atoms with Gasteiger partial charge in [0.1, 0.15) is 0 Å². The minimum absolute atomic E-state index is 0.257. The van der Waals surface area contributed by atoms with Gasteiger partial charge in [-0.05, 0) is 37.9 Å². The minimum Gasteiger partial charge on any atom is -0.296 e. The summed E-state index contributed by atoms with van der Waals surface area (Å²) in [5.41, 5.74) is 2.02. The third-order valence-electron chi connectivity index (χ3n) is 3.68. The van der Waals surface area contributed by atoms with Crippen LogP contribution < -0.4 is 0 Å². The maximum Gasteiger partial charge on any atom is 0.216 e. The van der Waals surface area contributed by atoms with E-state index in [2.05, 4.69) is 16.9 Å². The van der Waals surface area contributed by atoms with Crippen molar-refractivity contribution in [2.45, 2.75) is 31.3 Å². The highest BCUT2D eigenvalue weighted by Gasteiger charge is 2.38. The molecule has 0 aromatic carbocycles. The molecule has 2 atom stereocenters. The molecule has 2 aliphatic rings. The van der Waals surface area contributed by atoms with Crippen molar-refractivity contribution in [2.75, 3.05) is 7.05 Å². The van der Waals surface area contributed by atoms with Gasteiger partial charge in [-0.1, -0.05) is 0 Å². The van der Waals surface area contributed by atoms with Gasteiger partial charge in [0.25, 0.3) is 0 Å². The maximum atomic E-state index is 13.4. The van der Waals surface area contributed by atoms with E-state index in [0.29, 0.717) is 12.1 Å². The molecule has 2 aliphatic heterocycles. The third kappa shape index (κ3) is 0.960. The largest absolute Gasteiger partial charge is 0.296 e. The summed E-state index contributed by atoms with van der Waals surface area (Å²) in [5, 5.41) is 0. The number of hydrogen-bond donors (Lipinski definition) is 0. The van der Waals surface area contributed by atoms with Crippen LogP contribution in [-0.4, -0.2) is 23.0 Å². The molecule has 0 aliphatic carbocycles. The number of aromatic nitrogens is 1. The van der Waals surface area contributed by atoms with E-state index in [-0.39, 0.29) is 5.95 Å². The molecule has 0 radical (unpaired) electrons. The first-order chi connectivity index (χ1) is 6.77. The molecule has 74 valence electrons. The first-order valence-electron chi connectivity index (χ1n) is 5.12. The van der Waals surface area contributed by atoms with Gasteiger partial charge in [-0.15, -0.1) is 0 Å². The lowest BCUT2D eigenvalue weighted by atomic mass is 9.95. The number of likely N-dealkylation sites (N-methyl/N-ethyl adjacent to an activating group) is 1. The monoisotopic (exact) mass is 192 g/mol. The topological polar surface area (TPSA) is 16.1 Å². The molecule has 0 unspecified atom stereocenters. The van der Waals surface area contributed by atoms with Crippen molar-refractivity contribution in [1.29, 1.82) is 0 Å². The Morgan fingerprint density at radius 2 is 2.36 bits per heavy atom. The Morgan fingerprint density at radius 1 is 1.50 bits per heavy atom. The minimum atomic E-state index is -0.257. The number of rotatable bonds is 0. The van der Waals surface area contributed by atoms with Crippen LogP contribution >= 0.6 is 0 Å². The average Bonchev–Trinajstić information content (AvgIpc) is 2.44. The summed E-state index contributed by atoms with van der Waals surface area (Å²) in [4.78, 5) is 6.11. The third-order valence-corrected chi connectivity index (χ3v) is 3.68. The predicted molar refractivity (Wildman–Crippen MR) is 51.4 cm³/mol. The summed E-state index contributed by atoms with van der Waals surface area (Å²) >= 11 is 0. The molecular formula is C11H13FN2. The zero-order valence-corrected chi connectivity index (χ0v) is 8.20. The summed E-state index contributed by atoms with van der Waals surface area (Å²) in [6.45, 7) is 0. The fourth-order valence-electron chi connectivity index (χ4n) is 2.86. The lowest BCUT2D eigenvalue weighted by Crippen LogP contribution is -2.34. The van der Waals surface area contributed by atoms with Crippen LogP contribution in [0.1, 0.15) is 30.0 Å². The van der Waals surface area contributed by atoms with Crippen molar-refractivity contribution < 1.29 is 4.39 Å². The molecule has 0 amide bonds. The van der Waals surface area contributed by atoms with Crippen LogP contribution in [0.5, 0.6) is 0 Å². The Hall–Kier alpha value is -0.960. The van der Waals surface area contributed by atoms with Gasteiger partial charge in [0.2, 0.25) is 5.95 Å². The van der Waals surface area contributed by atoms with Crippen LogP contribution in [0.3, 0.4) is 0 Å². The highest BCUT2D eigenvalue weighted by molar-refractivity contribution is 5.33. The summed E-state index contributed by atoms with van der Waals surface area (Å²) in [5.74, 6) is -0.257. The molecule has 3 heterocycles. The molecule has 0 spiro atoms. The van der Waals surface area contributed by atoms with E-state index in [0.717, 1.165) is 24.0 Å². The van der Waals surface area contributed by atoms with Gasteiger partial charge in [-0.3, -0.25) is 4.90 Å². The summed E-state index contributed by atoms with van der Waals surface area (Å²) in [6, 6.07) is 2.94. The standard InChI is InChI=1S/C11H13FN2/c1-14-7-2-3-10(14)8-4-5-13-11(12)9(8)6-7/h4-5,7,10H,2-3,6H2,1H3/t7-,10+/m0/s1. The molecule has 2 bridgehead atoms. The van der Waals surface area contributed by atoms with Gasteiger partial charge >= 0.3 is 0 Å². The lowest BCUT2D eigenvalue weighted by molar-refractivity contribution is 0.220. The first kappa shape index (κ1) is 8.36. The SMILES string of the molecule is CN1[C@H]2CC[C@@H]1c1ccnc(F)c1C2. The van der Waals surface area contributed by atoms with Crippen molar-refractivity contribution in [3.63, 3.8) is 0 Å². The van der Waals surface area contributed by atoms with Crippen molar-refractivity contribution in [2.24, 2.45) is 0 Å². The van der Waals surface area contributed by atoms with Crippen LogP contribution in [-0.2, 0) is 6.42 Å². The fourth-order valence-corrected chi connectivity index (χ4v) is 2.86. The zero-order valence-electron chi connectivity index (χ0n) is 8.20. The van der Waals surface area contributed by atoms with Gasteiger partial charge < -0.3 is 0 Å². The molecule has 14 heavy (non-hydrogen) atoms. The van der Waals surface area contributed by atoms with Gasteiger partial charge in [0.05, 0.1) is 0 Å². The second-order valence-corrected chi connectivity index (χ2v) is 4.29. The maximum absolute atomic E-state index is 13.4. The van der Waals surface area contributed by atoms with Crippen LogP contribution in [0, 0.1) is 5.95 Å². The van der Waals surface area contributed by atoms with Gasteiger partial charge in [-0.2, -0.15) is 4.39 Å². The Morgan fingerprint density at radius 3 is 3.21 bits per heavy atom. The predicted octanol–water partition coefficient (Wildman–Crippen LogP) is 1.91. The number of fused-ring (bicyclic) bond motifs is 4. The second kappa shape index (κ2) is 2.76.